The standard InChI is InChI=1S/C32H37ClN4O6/c33-26-8-6-25(7-9-26)31-30(24-37(36-31)28-4-2-1-3-5-28)32(38)35-27-10-12-29(13-11-27)43-23-22-42-21-20-41-19-18-40-17-16-39-15-14-34/h1-13,24H,14-23,34H2,(H,35,38). The SMILES string of the molecule is NCCOCCOCCOCCOCCOc1ccc(NC(=O)c2cn(-c3ccccc3)nc2-c2ccc(Cl)cc2)cc1. The number of nitrogens with two attached hydrogens (primary N) is 1. The molecule has 0 atom stereocenters. The molecule has 43 heavy (non-hydrogen) atoms. The van der Waals surface area contributed by atoms with Crippen molar-refractivity contribution in [3.63, 3.8) is 0 Å². The average Bonchev–Trinajstić information content (AvgIpc) is 3.49. The molecule has 3 N–H and O–H groups in total. The Labute approximate surface area is 256 Å². The number of para-hydroxylation sites is 1. The molecular formula is C32H37ClN4O6. The third-order valence-corrected chi connectivity index (χ3v) is 6.34. The minimum atomic E-state index is -0.278. The number of aromatic nitrogens is 2. The van der Waals surface area contributed by atoms with Gasteiger partial charge in [0.2, 0.25) is 0 Å². The van der Waals surface area contributed by atoms with Gasteiger partial charge in [0.05, 0.1) is 64.1 Å². The lowest BCUT2D eigenvalue weighted by molar-refractivity contribution is -0.00386. The van der Waals surface area contributed by atoms with Crippen LogP contribution in [0.5, 0.6) is 5.75 Å². The van der Waals surface area contributed by atoms with E-state index in [2.05, 4.69) is 5.32 Å². The molecule has 0 bridgehead atoms. The van der Waals surface area contributed by atoms with Crippen molar-refractivity contribution in [3.8, 4) is 22.7 Å². The largest absolute Gasteiger partial charge is 0.491 e. The number of hydrogen-bond acceptors (Lipinski definition) is 8. The lowest BCUT2D eigenvalue weighted by Gasteiger charge is -2.09. The first-order chi connectivity index (χ1) is 21.1. The van der Waals surface area contributed by atoms with Crippen LogP contribution >= 0.6 is 11.6 Å². The van der Waals surface area contributed by atoms with Crippen molar-refractivity contribution >= 4 is 23.2 Å². The van der Waals surface area contributed by atoms with E-state index in [-0.39, 0.29) is 5.91 Å². The number of anilines is 1. The second-order valence-electron chi connectivity index (χ2n) is 9.24. The van der Waals surface area contributed by atoms with Gasteiger partial charge in [0, 0.05) is 29.0 Å². The summed E-state index contributed by atoms with van der Waals surface area (Å²) in [6.07, 6.45) is 1.73. The number of benzene rings is 3. The third kappa shape index (κ3) is 10.8. The zero-order valence-corrected chi connectivity index (χ0v) is 24.7. The summed E-state index contributed by atoms with van der Waals surface area (Å²) < 4.78 is 29.1. The van der Waals surface area contributed by atoms with Gasteiger partial charge >= 0.3 is 0 Å². The Morgan fingerprint density at radius 2 is 1.33 bits per heavy atom. The van der Waals surface area contributed by atoms with Gasteiger partial charge in [0.15, 0.2) is 0 Å². The van der Waals surface area contributed by atoms with Crippen molar-refractivity contribution < 1.29 is 28.5 Å². The monoisotopic (exact) mass is 608 g/mol. The molecule has 0 saturated heterocycles. The van der Waals surface area contributed by atoms with Crippen LogP contribution in [0.4, 0.5) is 5.69 Å². The van der Waals surface area contributed by atoms with Crippen molar-refractivity contribution in [1.82, 2.24) is 9.78 Å². The van der Waals surface area contributed by atoms with E-state index in [1.165, 1.54) is 0 Å². The molecule has 0 fully saturated rings. The smallest absolute Gasteiger partial charge is 0.259 e. The van der Waals surface area contributed by atoms with Crippen LogP contribution in [-0.4, -0.2) is 81.7 Å². The molecule has 0 aliphatic heterocycles. The summed E-state index contributed by atoms with van der Waals surface area (Å²) in [6, 6.07) is 24.1. The van der Waals surface area contributed by atoms with E-state index in [0.717, 1.165) is 11.3 Å². The van der Waals surface area contributed by atoms with Crippen LogP contribution in [0.3, 0.4) is 0 Å². The van der Waals surface area contributed by atoms with Crippen LogP contribution in [0, 0.1) is 0 Å². The molecule has 1 amide bonds. The molecule has 1 aromatic heterocycles. The lowest BCUT2D eigenvalue weighted by atomic mass is 10.1. The summed E-state index contributed by atoms with van der Waals surface area (Å²) in [5, 5.41) is 8.27. The predicted molar refractivity (Wildman–Crippen MR) is 166 cm³/mol. The van der Waals surface area contributed by atoms with Gasteiger partial charge in [-0.3, -0.25) is 4.79 Å². The minimum absolute atomic E-state index is 0.278. The number of carbonyl (C=O) groups excluding carboxylic acids is 1. The Kier molecular flexibility index (Phi) is 13.5. The van der Waals surface area contributed by atoms with E-state index in [1.54, 1.807) is 47.3 Å². The maximum Gasteiger partial charge on any atom is 0.259 e. The number of rotatable bonds is 19. The summed E-state index contributed by atoms with van der Waals surface area (Å²) in [4.78, 5) is 13.4. The van der Waals surface area contributed by atoms with Crippen LogP contribution in [0.25, 0.3) is 16.9 Å². The van der Waals surface area contributed by atoms with Gasteiger partial charge in [-0.25, -0.2) is 4.68 Å². The van der Waals surface area contributed by atoms with Crippen LogP contribution in [-0.2, 0) is 18.9 Å². The Balaban J connectivity index is 1.20. The number of halogens is 1. The fraction of sp³-hybridized carbons (Fsp3) is 0.312. The highest BCUT2D eigenvalue weighted by molar-refractivity contribution is 6.30. The second kappa shape index (κ2) is 18.0. The molecule has 0 aliphatic rings. The molecule has 228 valence electrons. The van der Waals surface area contributed by atoms with Gasteiger partial charge in [-0.1, -0.05) is 41.9 Å². The highest BCUT2D eigenvalue weighted by Gasteiger charge is 2.19. The Morgan fingerprint density at radius 3 is 1.93 bits per heavy atom. The van der Waals surface area contributed by atoms with Crippen molar-refractivity contribution in [2.75, 3.05) is 71.3 Å². The molecule has 0 unspecified atom stereocenters. The highest BCUT2D eigenvalue weighted by Crippen LogP contribution is 2.26. The number of hydrogen-bond donors (Lipinski definition) is 2. The van der Waals surface area contributed by atoms with Crippen LogP contribution in [0.2, 0.25) is 5.02 Å². The molecule has 0 aliphatic carbocycles. The van der Waals surface area contributed by atoms with Crippen LogP contribution in [0.1, 0.15) is 10.4 Å². The maximum atomic E-state index is 13.4. The second-order valence-corrected chi connectivity index (χ2v) is 9.68. The quantitative estimate of drug-likeness (QED) is 0.145. The molecule has 0 saturated carbocycles. The first-order valence-electron chi connectivity index (χ1n) is 14.1. The molecule has 0 radical (unpaired) electrons. The van der Waals surface area contributed by atoms with Crippen molar-refractivity contribution in [1.29, 1.82) is 0 Å². The predicted octanol–water partition coefficient (Wildman–Crippen LogP) is 4.85. The Bertz CT molecular complexity index is 1370. The summed E-state index contributed by atoms with van der Waals surface area (Å²) in [7, 11) is 0. The molecule has 10 nitrogen and oxygen atoms in total. The van der Waals surface area contributed by atoms with Gasteiger partial charge in [-0.15, -0.1) is 0 Å². The number of nitrogens with zero attached hydrogens (tertiary/aromatic N) is 2. The molecule has 4 rings (SSSR count). The fourth-order valence-electron chi connectivity index (χ4n) is 3.97. The number of carbonyl (C=O) groups is 1. The average molecular weight is 609 g/mol. The minimum Gasteiger partial charge on any atom is -0.491 e. The lowest BCUT2D eigenvalue weighted by Crippen LogP contribution is -2.15. The molecule has 0 spiro atoms. The van der Waals surface area contributed by atoms with Gasteiger partial charge in [0.25, 0.3) is 5.91 Å². The van der Waals surface area contributed by atoms with Crippen molar-refractivity contribution in [2.45, 2.75) is 0 Å². The fourth-order valence-corrected chi connectivity index (χ4v) is 4.10. The first-order valence-corrected chi connectivity index (χ1v) is 14.5. The number of nitrogens with one attached hydrogen (secondary N) is 1. The topological polar surface area (TPSA) is 119 Å². The van der Waals surface area contributed by atoms with E-state index < -0.39 is 0 Å². The van der Waals surface area contributed by atoms with Gasteiger partial charge in [0.1, 0.15) is 18.1 Å². The van der Waals surface area contributed by atoms with E-state index in [4.69, 9.17) is 46.1 Å². The maximum absolute atomic E-state index is 13.4. The highest BCUT2D eigenvalue weighted by atomic mass is 35.5. The van der Waals surface area contributed by atoms with Gasteiger partial charge in [-0.2, -0.15) is 5.10 Å². The van der Waals surface area contributed by atoms with Crippen LogP contribution < -0.4 is 15.8 Å². The van der Waals surface area contributed by atoms with E-state index in [9.17, 15) is 4.79 Å². The zero-order valence-electron chi connectivity index (χ0n) is 24.0. The molecule has 11 heteroatoms. The summed E-state index contributed by atoms with van der Waals surface area (Å²) >= 11 is 6.08. The van der Waals surface area contributed by atoms with Crippen LogP contribution in [0.15, 0.2) is 85.1 Å². The molecule has 3 aromatic carbocycles. The van der Waals surface area contributed by atoms with Crippen molar-refractivity contribution in [2.24, 2.45) is 5.73 Å². The Morgan fingerprint density at radius 1 is 0.744 bits per heavy atom. The molecule has 1 heterocycles. The van der Waals surface area contributed by atoms with Crippen molar-refractivity contribution in [3.05, 3.63) is 95.6 Å². The summed E-state index contributed by atoms with van der Waals surface area (Å²) in [6.45, 7) is 4.87. The summed E-state index contributed by atoms with van der Waals surface area (Å²) in [5.41, 5.74) is 8.61. The third-order valence-electron chi connectivity index (χ3n) is 6.08. The van der Waals surface area contributed by atoms with E-state index >= 15 is 0 Å². The molecule has 4 aromatic rings. The number of amides is 1. The van der Waals surface area contributed by atoms with E-state index in [0.29, 0.717) is 93.7 Å². The van der Waals surface area contributed by atoms with Gasteiger partial charge in [-0.05, 0) is 48.5 Å². The Hall–Kier alpha value is -3.77. The number of ether oxygens (including phenoxy) is 5. The first kappa shape index (κ1) is 32.2. The van der Waals surface area contributed by atoms with Gasteiger partial charge < -0.3 is 34.7 Å². The summed E-state index contributed by atoms with van der Waals surface area (Å²) in [5.74, 6) is 0.392. The molecular weight excluding hydrogens is 572 g/mol. The van der Waals surface area contributed by atoms with E-state index in [1.807, 2.05) is 42.5 Å². The zero-order chi connectivity index (χ0) is 30.1. The normalized spacial score (nSPS) is 11.0.